The van der Waals surface area contributed by atoms with Gasteiger partial charge in [-0.2, -0.15) is 0 Å². The molecule has 33 heavy (non-hydrogen) atoms. The van der Waals surface area contributed by atoms with Crippen molar-refractivity contribution < 1.29 is 9.59 Å². The molecule has 0 saturated heterocycles. The number of fused-ring (bicyclic) bond motifs is 2. The first-order valence-electron chi connectivity index (χ1n) is 11.5. The van der Waals surface area contributed by atoms with Gasteiger partial charge in [0.15, 0.2) is 5.78 Å². The standard InChI is InChI=1S/C28H26N2O2S/c1-18-6-13-24-26(16-18)33-28(30-24)20-9-11-23(12-10-20)29-27(32)15-14-25(31)22-8-7-19-4-2-3-5-21(19)17-22/h6-13,16-17H,2-5,14-15H2,1H3,(H,29,32). The minimum absolute atomic E-state index is 0.0277. The molecule has 0 radical (unpaired) electrons. The van der Waals surface area contributed by atoms with E-state index in [1.54, 1.807) is 11.3 Å². The van der Waals surface area contributed by atoms with Crippen LogP contribution in [-0.2, 0) is 17.6 Å². The Balaban J connectivity index is 1.18. The molecule has 0 spiro atoms. The smallest absolute Gasteiger partial charge is 0.224 e. The monoisotopic (exact) mass is 454 g/mol. The van der Waals surface area contributed by atoms with E-state index in [0.29, 0.717) is 0 Å². The number of nitrogens with zero attached hydrogens (tertiary/aromatic N) is 1. The minimum atomic E-state index is -0.149. The molecule has 5 rings (SSSR count). The second-order valence-corrected chi connectivity index (χ2v) is 9.76. The lowest BCUT2D eigenvalue weighted by molar-refractivity contribution is -0.116. The SMILES string of the molecule is Cc1ccc2nc(-c3ccc(NC(=O)CCC(=O)c4ccc5c(c4)CCCC5)cc3)sc2c1. The Labute approximate surface area is 197 Å². The van der Waals surface area contributed by atoms with Crippen molar-refractivity contribution in [3.8, 4) is 10.6 Å². The van der Waals surface area contributed by atoms with Crippen molar-refractivity contribution in [1.29, 1.82) is 0 Å². The Kier molecular flexibility index (Phi) is 6.05. The Morgan fingerprint density at radius 1 is 0.909 bits per heavy atom. The van der Waals surface area contributed by atoms with E-state index in [0.717, 1.165) is 40.2 Å². The van der Waals surface area contributed by atoms with Crippen LogP contribution in [0.3, 0.4) is 0 Å². The third-order valence-electron chi connectivity index (χ3n) is 6.21. The zero-order valence-corrected chi connectivity index (χ0v) is 19.5. The number of ketones is 1. The van der Waals surface area contributed by atoms with Crippen LogP contribution in [0.25, 0.3) is 20.8 Å². The van der Waals surface area contributed by atoms with Crippen LogP contribution in [0.4, 0.5) is 5.69 Å². The van der Waals surface area contributed by atoms with E-state index in [2.05, 4.69) is 30.4 Å². The molecule has 3 aromatic carbocycles. The summed E-state index contributed by atoms with van der Waals surface area (Å²) in [5.74, 6) is -0.121. The molecule has 166 valence electrons. The normalized spacial score (nSPS) is 13.0. The summed E-state index contributed by atoms with van der Waals surface area (Å²) in [4.78, 5) is 29.7. The molecule has 1 amide bonds. The molecule has 0 unspecified atom stereocenters. The molecular weight excluding hydrogens is 428 g/mol. The fraction of sp³-hybridized carbons (Fsp3) is 0.250. The van der Waals surface area contributed by atoms with Gasteiger partial charge in [0.25, 0.3) is 0 Å². The molecule has 0 bridgehead atoms. The van der Waals surface area contributed by atoms with Crippen LogP contribution in [0, 0.1) is 6.92 Å². The van der Waals surface area contributed by atoms with E-state index < -0.39 is 0 Å². The number of nitrogens with one attached hydrogen (secondary N) is 1. The number of aromatic nitrogens is 1. The second kappa shape index (κ2) is 9.28. The Morgan fingerprint density at radius 2 is 1.70 bits per heavy atom. The van der Waals surface area contributed by atoms with Gasteiger partial charge in [-0.15, -0.1) is 11.3 Å². The van der Waals surface area contributed by atoms with Gasteiger partial charge in [-0.25, -0.2) is 4.98 Å². The zero-order chi connectivity index (χ0) is 22.8. The maximum Gasteiger partial charge on any atom is 0.224 e. The van der Waals surface area contributed by atoms with E-state index in [4.69, 9.17) is 4.98 Å². The highest BCUT2D eigenvalue weighted by Crippen LogP contribution is 2.31. The van der Waals surface area contributed by atoms with Crippen LogP contribution in [0.2, 0.25) is 0 Å². The molecule has 4 nitrogen and oxygen atoms in total. The van der Waals surface area contributed by atoms with Crippen molar-refractivity contribution in [3.05, 3.63) is 82.9 Å². The van der Waals surface area contributed by atoms with Crippen molar-refractivity contribution in [2.45, 2.75) is 45.4 Å². The number of Topliss-reactive ketones (excluding diaryl/α,β-unsaturated/α-hetero) is 1. The van der Waals surface area contributed by atoms with E-state index >= 15 is 0 Å². The summed E-state index contributed by atoms with van der Waals surface area (Å²) < 4.78 is 1.17. The summed E-state index contributed by atoms with van der Waals surface area (Å²) in [6.45, 7) is 2.08. The highest BCUT2D eigenvalue weighted by molar-refractivity contribution is 7.21. The lowest BCUT2D eigenvalue weighted by Gasteiger charge is -2.16. The van der Waals surface area contributed by atoms with Gasteiger partial charge in [0.2, 0.25) is 5.91 Å². The Bertz CT molecular complexity index is 1340. The molecular formula is C28H26N2O2S. The van der Waals surface area contributed by atoms with E-state index in [1.165, 1.54) is 34.2 Å². The predicted molar refractivity (Wildman–Crippen MR) is 135 cm³/mol. The average molecular weight is 455 g/mol. The largest absolute Gasteiger partial charge is 0.326 e. The maximum atomic E-state index is 12.6. The first kappa shape index (κ1) is 21.5. The fourth-order valence-electron chi connectivity index (χ4n) is 4.35. The summed E-state index contributed by atoms with van der Waals surface area (Å²) in [7, 11) is 0. The Morgan fingerprint density at radius 3 is 2.52 bits per heavy atom. The summed E-state index contributed by atoms with van der Waals surface area (Å²) in [5.41, 5.74) is 7.34. The van der Waals surface area contributed by atoms with Gasteiger partial charge in [0, 0.05) is 29.7 Å². The minimum Gasteiger partial charge on any atom is -0.326 e. The lowest BCUT2D eigenvalue weighted by atomic mass is 9.89. The van der Waals surface area contributed by atoms with Gasteiger partial charge >= 0.3 is 0 Å². The number of amides is 1. The number of aryl methyl sites for hydroxylation is 3. The number of hydrogen-bond acceptors (Lipinski definition) is 4. The molecule has 0 aliphatic heterocycles. The van der Waals surface area contributed by atoms with Crippen LogP contribution < -0.4 is 5.32 Å². The van der Waals surface area contributed by atoms with Gasteiger partial charge in [0.1, 0.15) is 5.01 Å². The summed E-state index contributed by atoms with van der Waals surface area (Å²) in [6.07, 6.45) is 4.95. The lowest BCUT2D eigenvalue weighted by Crippen LogP contribution is -2.14. The maximum absolute atomic E-state index is 12.6. The van der Waals surface area contributed by atoms with Crippen molar-refractivity contribution in [1.82, 2.24) is 4.98 Å². The van der Waals surface area contributed by atoms with Crippen molar-refractivity contribution in [2.24, 2.45) is 0 Å². The third kappa shape index (κ3) is 4.88. The molecule has 0 saturated carbocycles. The molecule has 1 aliphatic rings. The first-order valence-corrected chi connectivity index (χ1v) is 12.3. The van der Waals surface area contributed by atoms with Gasteiger partial charge in [-0.3, -0.25) is 9.59 Å². The quantitative estimate of drug-likeness (QED) is 0.328. The van der Waals surface area contributed by atoms with Crippen molar-refractivity contribution >= 4 is 38.9 Å². The second-order valence-electron chi connectivity index (χ2n) is 8.73. The predicted octanol–water partition coefficient (Wildman–Crippen LogP) is 6.75. The first-order chi connectivity index (χ1) is 16.0. The molecule has 1 aliphatic carbocycles. The van der Waals surface area contributed by atoms with Crippen LogP contribution in [0.15, 0.2) is 60.7 Å². The van der Waals surface area contributed by atoms with Crippen LogP contribution >= 0.6 is 11.3 Å². The van der Waals surface area contributed by atoms with E-state index in [1.807, 2.05) is 42.5 Å². The number of rotatable bonds is 6. The van der Waals surface area contributed by atoms with Crippen molar-refractivity contribution in [3.63, 3.8) is 0 Å². The summed E-state index contributed by atoms with van der Waals surface area (Å²) in [5, 5.41) is 3.87. The Hall–Kier alpha value is -3.31. The number of thiazole rings is 1. The molecule has 0 atom stereocenters. The topological polar surface area (TPSA) is 59.1 Å². The molecule has 1 N–H and O–H groups in total. The van der Waals surface area contributed by atoms with Crippen molar-refractivity contribution in [2.75, 3.05) is 5.32 Å². The van der Waals surface area contributed by atoms with Crippen LogP contribution in [0.1, 0.15) is 52.7 Å². The number of carbonyl (C=O) groups is 2. The molecule has 5 heteroatoms. The van der Waals surface area contributed by atoms with E-state index in [-0.39, 0.29) is 24.5 Å². The third-order valence-corrected chi connectivity index (χ3v) is 7.28. The summed E-state index contributed by atoms with van der Waals surface area (Å²) >= 11 is 1.67. The van der Waals surface area contributed by atoms with Gasteiger partial charge in [-0.1, -0.05) is 18.2 Å². The fourth-order valence-corrected chi connectivity index (χ4v) is 5.42. The highest BCUT2D eigenvalue weighted by Gasteiger charge is 2.14. The average Bonchev–Trinajstić information content (AvgIpc) is 3.26. The number of carbonyl (C=O) groups excluding carboxylic acids is 2. The van der Waals surface area contributed by atoms with E-state index in [9.17, 15) is 9.59 Å². The van der Waals surface area contributed by atoms with Gasteiger partial charge in [-0.05, 0) is 91.8 Å². The van der Waals surface area contributed by atoms with Gasteiger partial charge in [0.05, 0.1) is 10.2 Å². The van der Waals surface area contributed by atoms with Gasteiger partial charge < -0.3 is 5.32 Å². The van der Waals surface area contributed by atoms with Crippen LogP contribution in [0.5, 0.6) is 0 Å². The number of anilines is 1. The highest BCUT2D eigenvalue weighted by atomic mass is 32.1. The zero-order valence-electron chi connectivity index (χ0n) is 18.7. The number of hydrogen-bond donors (Lipinski definition) is 1. The molecule has 1 heterocycles. The number of benzene rings is 3. The van der Waals surface area contributed by atoms with Crippen LogP contribution in [-0.4, -0.2) is 16.7 Å². The summed E-state index contributed by atoms with van der Waals surface area (Å²) in [6, 6.07) is 20.0. The molecule has 0 fully saturated rings. The molecule has 1 aromatic heterocycles. The molecule has 4 aromatic rings.